The summed E-state index contributed by atoms with van der Waals surface area (Å²) in [6.07, 6.45) is 5.47. The van der Waals surface area contributed by atoms with E-state index in [9.17, 15) is 5.21 Å². The maximum absolute atomic E-state index is 9.67. The van der Waals surface area contributed by atoms with Crippen LogP contribution in [0, 0.1) is 0 Å². The van der Waals surface area contributed by atoms with Crippen LogP contribution in [0.2, 0.25) is 5.02 Å². The first-order valence-corrected chi connectivity index (χ1v) is 11.4. The molecule has 0 unspecified atom stereocenters. The van der Waals surface area contributed by atoms with E-state index < -0.39 is 0 Å². The summed E-state index contributed by atoms with van der Waals surface area (Å²) < 4.78 is 0. The van der Waals surface area contributed by atoms with Crippen molar-refractivity contribution >= 4 is 17.4 Å². The summed E-state index contributed by atoms with van der Waals surface area (Å²) in [7, 11) is 0. The third kappa shape index (κ3) is 4.34. The molecule has 2 aromatic carbocycles. The highest BCUT2D eigenvalue weighted by molar-refractivity contribution is 6.30. The Morgan fingerprint density at radius 1 is 0.939 bits per heavy atom. The van der Waals surface area contributed by atoms with Crippen molar-refractivity contribution in [3.8, 4) is 22.4 Å². The Bertz CT molecular complexity index is 1230. The number of rotatable bonds is 4. The van der Waals surface area contributed by atoms with Gasteiger partial charge in [-0.15, -0.1) is 0 Å². The molecule has 6 nitrogen and oxygen atoms in total. The van der Waals surface area contributed by atoms with Crippen molar-refractivity contribution in [1.29, 1.82) is 0 Å². The van der Waals surface area contributed by atoms with Crippen molar-refractivity contribution in [2.45, 2.75) is 18.8 Å². The number of aromatic nitrogens is 3. The summed E-state index contributed by atoms with van der Waals surface area (Å²) >= 11 is 6.11. The molecule has 0 radical (unpaired) electrons. The van der Waals surface area contributed by atoms with E-state index >= 15 is 0 Å². The second-order valence-corrected chi connectivity index (χ2v) is 8.59. The largest absolute Gasteiger partial charge is 0.409 e. The van der Waals surface area contributed by atoms with Gasteiger partial charge in [-0.05, 0) is 42.7 Å². The molecule has 0 aliphatic carbocycles. The van der Waals surface area contributed by atoms with Crippen LogP contribution in [-0.2, 0) is 0 Å². The fourth-order valence-corrected chi connectivity index (χ4v) is 4.68. The Morgan fingerprint density at radius 3 is 2.30 bits per heavy atom. The first-order chi connectivity index (χ1) is 16.2. The Kier molecular flexibility index (Phi) is 6.09. The molecule has 2 aromatic heterocycles. The van der Waals surface area contributed by atoms with Gasteiger partial charge in [0.1, 0.15) is 5.69 Å². The number of pyridine rings is 1. The normalized spacial score (nSPS) is 15.1. The number of nitrogens with zero attached hydrogens (tertiary/aromatic N) is 4. The Labute approximate surface area is 197 Å². The van der Waals surface area contributed by atoms with Gasteiger partial charge in [-0.25, -0.2) is 0 Å². The first kappa shape index (κ1) is 21.2. The minimum absolute atomic E-state index is 0.314. The monoisotopic (exact) mass is 457 g/mol. The molecule has 0 spiro atoms. The summed E-state index contributed by atoms with van der Waals surface area (Å²) in [5.74, 6) is 0.934. The molecule has 1 fully saturated rings. The van der Waals surface area contributed by atoms with Gasteiger partial charge in [0.15, 0.2) is 5.84 Å². The van der Waals surface area contributed by atoms with Crippen LogP contribution in [0.25, 0.3) is 22.4 Å². The minimum atomic E-state index is 0.314. The number of H-pyrrole nitrogens is 1. The zero-order chi connectivity index (χ0) is 22.6. The number of nitrogens with one attached hydrogen (secondary N) is 1. The second kappa shape index (κ2) is 9.46. The fraction of sp³-hybridized carbons (Fsp3) is 0.192. The molecule has 1 saturated heterocycles. The van der Waals surface area contributed by atoms with Gasteiger partial charge in [0.25, 0.3) is 0 Å². The van der Waals surface area contributed by atoms with E-state index in [0.717, 1.165) is 59.6 Å². The van der Waals surface area contributed by atoms with Crippen LogP contribution in [0.1, 0.15) is 30.0 Å². The highest BCUT2D eigenvalue weighted by Crippen LogP contribution is 2.40. The van der Waals surface area contributed by atoms with Gasteiger partial charge < -0.3 is 10.1 Å². The smallest absolute Gasteiger partial charge is 0.175 e. The average Bonchev–Trinajstić information content (AvgIpc) is 3.32. The van der Waals surface area contributed by atoms with Crippen molar-refractivity contribution in [3.63, 3.8) is 0 Å². The topological polar surface area (TPSA) is 77.4 Å². The third-order valence-corrected chi connectivity index (χ3v) is 6.46. The first-order valence-electron chi connectivity index (χ1n) is 11.0. The average molecular weight is 458 g/mol. The SMILES string of the molecule is O/N=C(\c1ccccc1)N1CCC(c2[nH]nc(-c3ccc(Cl)cc3)c2-c2ccncc2)CC1. The molecule has 0 amide bonds. The predicted molar refractivity (Wildman–Crippen MR) is 131 cm³/mol. The Balaban J connectivity index is 1.44. The van der Waals surface area contributed by atoms with Gasteiger partial charge in [0.05, 0.1) is 0 Å². The summed E-state index contributed by atoms with van der Waals surface area (Å²) in [4.78, 5) is 6.33. The molecule has 1 aliphatic heterocycles. The van der Waals surface area contributed by atoms with E-state index in [1.807, 2.05) is 79.1 Å². The highest BCUT2D eigenvalue weighted by Gasteiger charge is 2.28. The standard InChI is InChI=1S/C26H24ClN5O/c27-22-8-6-19(7-9-22)24-23(18-10-14-28-15-11-18)25(30-29-24)20-12-16-32(17-13-20)26(31-33)21-4-2-1-3-5-21/h1-11,14-15,20,33H,12-13,16-17H2,(H,29,30)/b31-26+. The van der Waals surface area contributed by atoms with Gasteiger partial charge in [-0.1, -0.05) is 59.2 Å². The summed E-state index contributed by atoms with van der Waals surface area (Å²) in [5, 5.41) is 22.0. The van der Waals surface area contributed by atoms with Crippen molar-refractivity contribution in [2.24, 2.45) is 5.16 Å². The van der Waals surface area contributed by atoms with Crippen LogP contribution in [0.4, 0.5) is 0 Å². The van der Waals surface area contributed by atoms with Crippen LogP contribution in [0.3, 0.4) is 0 Å². The molecule has 166 valence electrons. The second-order valence-electron chi connectivity index (χ2n) is 8.15. The maximum atomic E-state index is 9.67. The minimum Gasteiger partial charge on any atom is -0.409 e. The van der Waals surface area contributed by atoms with Crippen LogP contribution in [-0.4, -0.2) is 44.2 Å². The number of likely N-dealkylation sites (tertiary alicyclic amines) is 1. The molecule has 7 heteroatoms. The molecular weight excluding hydrogens is 434 g/mol. The van der Waals surface area contributed by atoms with Crippen LogP contribution < -0.4 is 0 Å². The Hall–Kier alpha value is -3.64. The van der Waals surface area contributed by atoms with E-state index in [2.05, 4.69) is 20.1 Å². The zero-order valence-electron chi connectivity index (χ0n) is 18.0. The molecule has 0 saturated carbocycles. The number of aromatic amines is 1. The fourth-order valence-electron chi connectivity index (χ4n) is 4.55. The van der Waals surface area contributed by atoms with Crippen molar-refractivity contribution in [3.05, 3.63) is 95.4 Å². The number of hydrogen-bond acceptors (Lipinski definition) is 4. The van der Waals surface area contributed by atoms with Crippen LogP contribution in [0.5, 0.6) is 0 Å². The summed E-state index contributed by atoms with van der Waals surface area (Å²) in [6.45, 7) is 1.59. The lowest BCUT2D eigenvalue weighted by Crippen LogP contribution is -2.38. The van der Waals surface area contributed by atoms with Gasteiger partial charge in [-0.3, -0.25) is 10.1 Å². The summed E-state index contributed by atoms with van der Waals surface area (Å²) in [6, 6.07) is 21.6. The zero-order valence-corrected chi connectivity index (χ0v) is 18.8. The lowest BCUT2D eigenvalue weighted by atomic mass is 9.87. The molecule has 33 heavy (non-hydrogen) atoms. The number of piperidine rings is 1. The van der Waals surface area contributed by atoms with Crippen molar-refractivity contribution < 1.29 is 5.21 Å². The highest BCUT2D eigenvalue weighted by atomic mass is 35.5. The van der Waals surface area contributed by atoms with Gasteiger partial charge >= 0.3 is 0 Å². The van der Waals surface area contributed by atoms with E-state index in [1.54, 1.807) is 0 Å². The van der Waals surface area contributed by atoms with Crippen molar-refractivity contribution in [1.82, 2.24) is 20.1 Å². The van der Waals surface area contributed by atoms with Crippen LogP contribution in [0.15, 0.2) is 84.3 Å². The molecule has 2 N–H and O–H groups in total. The number of halogens is 1. The molecule has 0 atom stereocenters. The van der Waals surface area contributed by atoms with E-state index in [-0.39, 0.29) is 0 Å². The molecule has 0 bridgehead atoms. The van der Waals surface area contributed by atoms with E-state index in [0.29, 0.717) is 16.8 Å². The predicted octanol–water partition coefficient (Wildman–Crippen LogP) is 5.81. The number of oxime groups is 1. The number of amidine groups is 1. The van der Waals surface area contributed by atoms with E-state index in [1.165, 1.54) is 0 Å². The summed E-state index contributed by atoms with van der Waals surface area (Å²) in [5.41, 5.74) is 6.18. The number of hydrogen-bond donors (Lipinski definition) is 2. The quantitative estimate of drug-likeness (QED) is 0.175. The molecule has 1 aliphatic rings. The van der Waals surface area contributed by atoms with Gasteiger partial charge in [0, 0.05) is 58.8 Å². The van der Waals surface area contributed by atoms with Gasteiger partial charge in [0.2, 0.25) is 0 Å². The van der Waals surface area contributed by atoms with E-state index in [4.69, 9.17) is 16.7 Å². The maximum Gasteiger partial charge on any atom is 0.175 e. The molecule has 4 aromatic rings. The number of benzene rings is 2. The lowest BCUT2D eigenvalue weighted by Gasteiger charge is -2.33. The Morgan fingerprint density at radius 2 is 1.64 bits per heavy atom. The van der Waals surface area contributed by atoms with Crippen molar-refractivity contribution in [2.75, 3.05) is 13.1 Å². The molecular formula is C26H24ClN5O. The third-order valence-electron chi connectivity index (χ3n) is 6.21. The molecule has 3 heterocycles. The van der Waals surface area contributed by atoms with Crippen LogP contribution >= 0.6 is 11.6 Å². The lowest BCUT2D eigenvalue weighted by molar-refractivity contribution is 0.274. The van der Waals surface area contributed by atoms with Gasteiger partial charge in [-0.2, -0.15) is 5.10 Å². The molecule has 5 rings (SSSR count).